The Morgan fingerprint density at radius 2 is 1.26 bits per heavy atom. The van der Waals surface area contributed by atoms with Crippen LogP contribution in [0.1, 0.15) is 13.8 Å². The van der Waals surface area contributed by atoms with Gasteiger partial charge in [0.1, 0.15) is 9.84 Å². The number of rotatable bonds is 2. The van der Waals surface area contributed by atoms with Gasteiger partial charge in [0.05, 0.1) is 0 Å². The molecule has 19 heavy (non-hydrogen) atoms. The van der Waals surface area contributed by atoms with Gasteiger partial charge in [0, 0.05) is 17.2 Å². The summed E-state index contributed by atoms with van der Waals surface area (Å²) in [6, 6.07) is 9.49. The molecule has 0 saturated carbocycles. The normalized spacial score (nSPS) is 10.5. The molecule has 0 spiro atoms. The molecule has 112 valence electrons. The SMILES string of the molecule is CCS(=O)(=O)CC.Nc1ccccc1.O=S(=O)(O)O. The van der Waals surface area contributed by atoms with Gasteiger partial charge >= 0.3 is 10.4 Å². The van der Waals surface area contributed by atoms with Crippen LogP contribution in [-0.4, -0.2) is 37.4 Å². The molecule has 7 nitrogen and oxygen atoms in total. The van der Waals surface area contributed by atoms with E-state index in [4.69, 9.17) is 23.3 Å². The van der Waals surface area contributed by atoms with Crippen molar-refractivity contribution in [2.75, 3.05) is 17.2 Å². The fourth-order valence-electron chi connectivity index (χ4n) is 0.657. The van der Waals surface area contributed by atoms with Crippen LogP contribution in [0.2, 0.25) is 0 Å². The minimum Gasteiger partial charge on any atom is -0.399 e. The second-order valence-corrected chi connectivity index (χ2v) is 6.72. The largest absolute Gasteiger partial charge is 0.399 e. The maximum absolute atomic E-state index is 10.4. The molecule has 0 unspecified atom stereocenters. The Morgan fingerprint density at radius 3 is 1.37 bits per heavy atom. The van der Waals surface area contributed by atoms with Gasteiger partial charge in [-0.2, -0.15) is 8.42 Å². The Balaban J connectivity index is 0. The maximum Gasteiger partial charge on any atom is 0.394 e. The number of nitrogen functional groups attached to an aromatic ring is 1. The lowest BCUT2D eigenvalue weighted by Gasteiger charge is -1.89. The predicted molar refractivity (Wildman–Crippen MR) is 75.0 cm³/mol. The van der Waals surface area contributed by atoms with E-state index in [1.807, 2.05) is 30.3 Å². The maximum atomic E-state index is 10.4. The summed E-state index contributed by atoms with van der Waals surface area (Å²) in [6.45, 7) is 3.30. The highest BCUT2D eigenvalue weighted by Crippen LogP contribution is 1.95. The third-order valence-corrected chi connectivity index (χ3v) is 3.44. The van der Waals surface area contributed by atoms with E-state index in [0.29, 0.717) is 0 Å². The number of para-hydroxylation sites is 1. The fourth-order valence-corrected chi connectivity index (χ4v) is 1.07. The van der Waals surface area contributed by atoms with Crippen molar-refractivity contribution in [3.8, 4) is 0 Å². The quantitative estimate of drug-likeness (QED) is 0.548. The second-order valence-electron chi connectivity index (χ2n) is 3.18. The third kappa shape index (κ3) is 22.5. The fraction of sp³-hybridized carbons (Fsp3) is 0.400. The molecule has 9 heteroatoms. The number of sulfone groups is 1. The van der Waals surface area contributed by atoms with Gasteiger partial charge in [-0.25, -0.2) is 8.42 Å². The molecule has 0 aliphatic heterocycles. The summed E-state index contributed by atoms with van der Waals surface area (Å²) in [5.41, 5.74) is 6.18. The third-order valence-electron chi connectivity index (χ3n) is 1.68. The first-order chi connectivity index (χ1) is 8.52. The molecule has 1 aromatic carbocycles. The summed E-state index contributed by atoms with van der Waals surface area (Å²) < 4.78 is 52.3. The topological polar surface area (TPSA) is 135 Å². The Hall–Kier alpha value is -1.16. The molecule has 1 rings (SSSR count). The lowest BCUT2D eigenvalue weighted by molar-refractivity contribution is 0.381. The zero-order chi connectivity index (χ0) is 15.5. The number of hydrogen-bond donors (Lipinski definition) is 3. The Kier molecular flexibility index (Phi) is 10.3. The average molecular weight is 313 g/mol. The molecule has 0 aliphatic rings. The molecule has 0 aliphatic carbocycles. The molecule has 1 aromatic rings. The van der Waals surface area contributed by atoms with Crippen molar-refractivity contribution in [1.29, 1.82) is 0 Å². The Morgan fingerprint density at radius 1 is 0.947 bits per heavy atom. The molecule has 0 fully saturated rings. The highest BCUT2D eigenvalue weighted by Gasteiger charge is 1.99. The Labute approximate surface area is 113 Å². The van der Waals surface area contributed by atoms with Crippen LogP contribution in [-0.2, 0) is 20.2 Å². The first-order valence-electron chi connectivity index (χ1n) is 5.22. The van der Waals surface area contributed by atoms with Crippen LogP contribution < -0.4 is 5.73 Å². The molecule has 0 amide bonds. The molecule has 4 N–H and O–H groups in total. The van der Waals surface area contributed by atoms with Crippen LogP contribution in [0.25, 0.3) is 0 Å². The smallest absolute Gasteiger partial charge is 0.394 e. The van der Waals surface area contributed by atoms with Gasteiger partial charge in [-0.1, -0.05) is 32.0 Å². The van der Waals surface area contributed by atoms with Crippen molar-refractivity contribution in [3.05, 3.63) is 30.3 Å². The summed E-state index contributed by atoms with van der Waals surface area (Å²) in [6.07, 6.45) is 0. The van der Waals surface area contributed by atoms with Crippen LogP contribution in [0.4, 0.5) is 5.69 Å². The molecular weight excluding hydrogens is 294 g/mol. The zero-order valence-electron chi connectivity index (χ0n) is 10.7. The van der Waals surface area contributed by atoms with Crippen molar-refractivity contribution < 1.29 is 25.9 Å². The summed E-state index contributed by atoms with van der Waals surface area (Å²) in [4.78, 5) is 0. The summed E-state index contributed by atoms with van der Waals surface area (Å²) in [7, 11) is -7.32. The van der Waals surface area contributed by atoms with E-state index in [0.717, 1.165) is 5.69 Å². The summed E-state index contributed by atoms with van der Waals surface area (Å²) in [5.74, 6) is 0.535. The Bertz CT molecular complexity index is 506. The average Bonchev–Trinajstić information content (AvgIpc) is 2.29. The molecular formula is C10H19NO6S2. The zero-order valence-corrected chi connectivity index (χ0v) is 12.4. The first-order valence-corrected chi connectivity index (χ1v) is 8.44. The lowest BCUT2D eigenvalue weighted by atomic mass is 10.3. The van der Waals surface area contributed by atoms with Crippen molar-refractivity contribution in [2.24, 2.45) is 0 Å². The van der Waals surface area contributed by atoms with E-state index in [1.54, 1.807) is 13.8 Å². The van der Waals surface area contributed by atoms with Gasteiger partial charge in [0.2, 0.25) is 0 Å². The van der Waals surface area contributed by atoms with Gasteiger partial charge in [-0.05, 0) is 12.1 Å². The van der Waals surface area contributed by atoms with E-state index < -0.39 is 20.2 Å². The van der Waals surface area contributed by atoms with Gasteiger partial charge in [-0.15, -0.1) is 0 Å². The minimum absolute atomic E-state index is 0.267. The first kappa shape index (κ1) is 20.2. The van der Waals surface area contributed by atoms with Crippen molar-refractivity contribution in [1.82, 2.24) is 0 Å². The molecule has 0 bridgehead atoms. The van der Waals surface area contributed by atoms with E-state index in [2.05, 4.69) is 0 Å². The van der Waals surface area contributed by atoms with E-state index in [-0.39, 0.29) is 11.5 Å². The van der Waals surface area contributed by atoms with Crippen LogP contribution in [0.5, 0.6) is 0 Å². The second kappa shape index (κ2) is 9.73. The van der Waals surface area contributed by atoms with Crippen LogP contribution in [0, 0.1) is 0 Å². The number of nitrogens with two attached hydrogens (primary N) is 1. The number of anilines is 1. The van der Waals surface area contributed by atoms with Crippen molar-refractivity contribution in [3.63, 3.8) is 0 Å². The van der Waals surface area contributed by atoms with E-state index in [9.17, 15) is 8.42 Å². The monoisotopic (exact) mass is 313 g/mol. The van der Waals surface area contributed by atoms with Crippen LogP contribution in [0.3, 0.4) is 0 Å². The van der Waals surface area contributed by atoms with Gasteiger partial charge in [-0.3, -0.25) is 9.11 Å². The van der Waals surface area contributed by atoms with Crippen LogP contribution >= 0.6 is 0 Å². The molecule has 0 aromatic heterocycles. The van der Waals surface area contributed by atoms with Crippen LogP contribution in [0.15, 0.2) is 30.3 Å². The molecule has 0 heterocycles. The molecule has 0 atom stereocenters. The van der Waals surface area contributed by atoms with E-state index in [1.165, 1.54) is 0 Å². The summed E-state index contributed by atoms with van der Waals surface area (Å²) in [5, 5.41) is 0. The number of benzene rings is 1. The van der Waals surface area contributed by atoms with Gasteiger partial charge in [0.25, 0.3) is 0 Å². The van der Waals surface area contributed by atoms with Gasteiger partial charge in [0.15, 0.2) is 0 Å². The van der Waals surface area contributed by atoms with E-state index >= 15 is 0 Å². The highest BCUT2D eigenvalue weighted by molar-refractivity contribution is 7.91. The van der Waals surface area contributed by atoms with Crippen molar-refractivity contribution >= 4 is 25.9 Å². The predicted octanol–water partition coefficient (Wildman–Crippen LogP) is 1.06. The molecule has 0 radical (unpaired) electrons. The standard InChI is InChI=1S/C6H7N.C4H10O2S.H2O4S/c7-6-4-2-1-3-5-6;1-3-7(5,6)4-2;1-5(2,3)4/h1-5H,7H2;3-4H2,1-2H3;(H2,1,2,3,4). The summed E-state index contributed by atoms with van der Waals surface area (Å²) >= 11 is 0. The van der Waals surface area contributed by atoms with Crippen molar-refractivity contribution in [2.45, 2.75) is 13.8 Å². The van der Waals surface area contributed by atoms with Gasteiger partial charge < -0.3 is 5.73 Å². The lowest BCUT2D eigenvalue weighted by Crippen LogP contribution is -2.04. The number of hydrogen-bond acceptors (Lipinski definition) is 5. The highest BCUT2D eigenvalue weighted by atomic mass is 32.3. The minimum atomic E-state index is -4.67. The molecule has 0 saturated heterocycles.